The van der Waals surface area contributed by atoms with Gasteiger partial charge in [0.05, 0.1) is 11.4 Å². The number of aldehydes is 1. The molecule has 0 amide bonds. The van der Waals surface area contributed by atoms with E-state index in [0.717, 1.165) is 60.2 Å². The van der Waals surface area contributed by atoms with Crippen LogP contribution in [0.2, 0.25) is 0 Å². The third-order valence-corrected chi connectivity index (χ3v) is 6.34. The van der Waals surface area contributed by atoms with Crippen LogP contribution in [0.5, 0.6) is 0 Å². The van der Waals surface area contributed by atoms with Crippen LogP contribution in [0.3, 0.4) is 0 Å². The molecule has 2 aliphatic rings. The standard InChI is InChI=1S/C24H28N4O/c25-20-12-6-4-9-17(20)23-19-11-3-1-2-8-16(14-15-29)22(19)24(28-27-23)18-10-5-7-13-21(18)26/h4-7,9-10,12-13,15-16,19,22H,1-3,8,11,14,25-26H2. The minimum atomic E-state index is 0.109. The number of para-hydroxylation sites is 2. The van der Waals surface area contributed by atoms with Gasteiger partial charge in [-0.15, -0.1) is 0 Å². The SMILES string of the molecule is Nc1ccccc1C1=NN=C(c2ccccc2N)C2C(CC=O)CCCCCC12. The highest BCUT2D eigenvalue weighted by molar-refractivity contribution is 6.14. The Morgan fingerprint density at radius 2 is 1.41 bits per heavy atom. The zero-order valence-electron chi connectivity index (χ0n) is 16.6. The van der Waals surface area contributed by atoms with Crippen LogP contribution in [0.1, 0.15) is 49.7 Å². The molecule has 150 valence electrons. The molecular formula is C24H28N4O. The van der Waals surface area contributed by atoms with Crippen molar-refractivity contribution in [3.8, 4) is 0 Å². The van der Waals surface area contributed by atoms with Gasteiger partial charge in [-0.3, -0.25) is 0 Å². The molecule has 0 spiro atoms. The lowest BCUT2D eigenvalue weighted by Gasteiger charge is -2.38. The van der Waals surface area contributed by atoms with E-state index in [1.807, 2.05) is 48.5 Å². The Morgan fingerprint density at radius 3 is 2.07 bits per heavy atom. The highest BCUT2D eigenvalue weighted by Crippen LogP contribution is 2.42. The fourth-order valence-electron chi connectivity index (χ4n) is 4.94. The summed E-state index contributed by atoms with van der Waals surface area (Å²) in [5.41, 5.74) is 17.8. The molecule has 0 bridgehead atoms. The van der Waals surface area contributed by atoms with Crippen molar-refractivity contribution in [2.24, 2.45) is 28.0 Å². The molecule has 1 aliphatic carbocycles. The molecule has 4 rings (SSSR count). The Labute approximate surface area is 171 Å². The number of rotatable bonds is 4. The molecule has 29 heavy (non-hydrogen) atoms. The number of carbonyl (C=O) groups is 1. The number of nitrogens with zero attached hydrogens (tertiary/aromatic N) is 2. The van der Waals surface area contributed by atoms with E-state index in [1.54, 1.807) is 0 Å². The minimum Gasteiger partial charge on any atom is -0.398 e. The van der Waals surface area contributed by atoms with Gasteiger partial charge in [0.2, 0.25) is 0 Å². The van der Waals surface area contributed by atoms with E-state index in [0.29, 0.717) is 12.1 Å². The summed E-state index contributed by atoms with van der Waals surface area (Å²) in [6.45, 7) is 0. The van der Waals surface area contributed by atoms with Crippen LogP contribution in [0.25, 0.3) is 0 Å². The second-order valence-electron chi connectivity index (χ2n) is 8.08. The van der Waals surface area contributed by atoms with Crippen molar-refractivity contribution >= 4 is 29.1 Å². The van der Waals surface area contributed by atoms with E-state index in [4.69, 9.17) is 21.7 Å². The maximum Gasteiger partial charge on any atom is 0.120 e. The predicted octanol–water partition coefficient (Wildman–Crippen LogP) is 4.46. The Morgan fingerprint density at radius 1 is 0.828 bits per heavy atom. The summed E-state index contributed by atoms with van der Waals surface area (Å²) in [6, 6.07) is 15.7. The molecule has 1 fully saturated rings. The molecular weight excluding hydrogens is 360 g/mol. The summed E-state index contributed by atoms with van der Waals surface area (Å²) >= 11 is 0. The molecule has 3 atom stereocenters. The first-order valence-corrected chi connectivity index (χ1v) is 10.5. The van der Waals surface area contributed by atoms with Crippen LogP contribution in [-0.2, 0) is 4.79 Å². The summed E-state index contributed by atoms with van der Waals surface area (Å²) in [5.74, 6) is 0.515. The third-order valence-electron chi connectivity index (χ3n) is 6.34. The number of benzene rings is 2. The Hall–Kier alpha value is -2.95. The van der Waals surface area contributed by atoms with Gasteiger partial charge in [0.1, 0.15) is 6.29 Å². The van der Waals surface area contributed by atoms with Crippen molar-refractivity contribution in [3.05, 3.63) is 59.7 Å². The molecule has 1 aliphatic heterocycles. The smallest absolute Gasteiger partial charge is 0.120 e. The molecule has 3 unspecified atom stereocenters. The van der Waals surface area contributed by atoms with E-state index in [2.05, 4.69) is 0 Å². The third kappa shape index (κ3) is 3.82. The summed E-state index contributed by atoms with van der Waals surface area (Å²) in [7, 11) is 0. The molecule has 0 aromatic heterocycles. The Balaban J connectivity index is 1.88. The number of carbonyl (C=O) groups excluding carboxylic acids is 1. The lowest BCUT2D eigenvalue weighted by atomic mass is 9.67. The molecule has 0 saturated heterocycles. The molecule has 0 radical (unpaired) electrons. The highest BCUT2D eigenvalue weighted by atomic mass is 16.1. The van der Waals surface area contributed by atoms with Gasteiger partial charge < -0.3 is 16.3 Å². The Kier molecular flexibility index (Phi) is 5.74. The van der Waals surface area contributed by atoms with Crippen molar-refractivity contribution in [2.45, 2.75) is 38.5 Å². The van der Waals surface area contributed by atoms with Crippen molar-refractivity contribution in [1.29, 1.82) is 0 Å². The Bertz CT molecular complexity index is 949. The zero-order chi connectivity index (χ0) is 20.2. The normalized spacial score (nSPS) is 24.5. The summed E-state index contributed by atoms with van der Waals surface area (Å²) in [5, 5.41) is 9.39. The second kappa shape index (κ2) is 8.60. The van der Waals surface area contributed by atoms with Gasteiger partial charge in [0.15, 0.2) is 0 Å². The van der Waals surface area contributed by atoms with E-state index in [9.17, 15) is 4.79 Å². The van der Waals surface area contributed by atoms with Gasteiger partial charge in [0, 0.05) is 40.8 Å². The average Bonchev–Trinajstić information content (AvgIpc) is 2.71. The van der Waals surface area contributed by atoms with Gasteiger partial charge in [-0.05, 0) is 30.9 Å². The van der Waals surface area contributed by atoms with Crippen LogP contribution in [-0.4, -0.2) is 17.7 Å². The maximum absolute atomic E-state index is 11.5. The average molecular weight is 389 g/mol. The van der Waals surface area contributed by atoms with Gasteiger partial charge in [-0.2, -0.15) is 10.2 Å². The molecule has 5 nitrogen and oxygen atoms in total. The molecule has 1 saturated carbocycles. The van der Waals surface area contributed by atoms with Crippen molar-refractivity contribution in [2.75, 3.05) is 11.5 Å². The molecule has 5 heteroatoms. The van der Waals surface area contributed by atoms with Gasteiger partial charge in [-0.1, -0.05) is 55.7 Å². The van der Waals surface area contributed by atoms with E-state index in [-0.39, 0.29) is 17.8 Å². The molecule has 2 aromatic carbocycles. The summed E-state index contributed by atoms with van der Waals surface area (Å²) < 4.78 is 0. The van der Waals surface area contributed by atoms with Crippen molar-refractivity contribution < 1.29 is 4.79 Å². The number of anilines is 2. The first-order chi connectivity index (χ1) is 14.2. The number of hydrogen-bond donors (Lipinski definition) is 2. The minimum absolute atomic E-state index is 0.109. The second-order valence-corrected chi connectivity index (χ2v) is 8.08. The first-order valence-electron chi connectivity index (χ1n) is 10.5. The largest absolute Gasteiger partial charge is 0.398 e. The number of hydrogen-bond acceptors (Lipinski definition) is 5. The van der Waals surface area contributed by atoms with Gasteiger partial charge >= 0.3 is 0 Å². The first kappa shape index (κ1) is 19.4. The lowest BCUT2D eigenvalue weighted by Crippen LogP contribution is -2.40. The van der Waals surface area contributed by atoms with Gasteiger partial charge in [0.25, 0.3) is 0 Å². The van der Waals surface area contributed by atoms with Crippen molar-refractivity contribution in [3.63, 3.8) is 0 Å². The van der Waals surface area contributed by atoms with Crippen LogP contribution in [0.15, 0.2) is 58.7 Å². The summed E-state index contributed by atoms with van der Waals surface area (Å²) in [6.07, 6.45) is 7.07. The zero-order valence-corrected chi connectivity index (χ0v) is 16.6. The predicted molar refractivity (Wildman–Crippen MR) is 119 cm³/mol. The molecule has 2 aromatic rings. The number of nitrogen functional groups attached to an aromatic ring is 2. The van der Waals surface area contributed by atoms with Crippen molar-refractivity contribution in [1.82, 2.24) is 0 Å². The van der Waals surface area contributed by atoms with E-state index in [1.165, 1.54) is 6.42 Å². The lowest BCUT2D eigenvalue weighted by molar-refractivity contribution is -0.109. The number of fused-ring (bicyclic) bond motifs is 1. The highest BCUT2D eigenvalue weighted by Gasteiger charge is 2.40. The van der Waals surface area contributed by atoms with Crippen LogP contribution in [0.4, 0.5) is 11.4 Å². The summed E-state index contributed by atoms with van der Waals surface area (Å²) in [4.78, 5) is 11.5. The van der Waals surface area contributed by atoms with E-state index < -0.39 is 0 Å². The van der Waals surface area contributed by atoms with Crippen LogP contribution >= 0.6 is 0 Å². The van der Waals surface area contributed by atoms with Gasteiger partial charge in [-0.25, -0.2) is 0 Å². The molecule has 1 heterocycles. The number of nitrogens with two attached hydrogens (primary N) is 2. The monoisotopic (exact) mass is 388 g/mol. The maximum atomic E-state index is 11.5. The topological polar surface area (TPSA) is 93.8 Å². The van der Waals surface area contributed by atoms with E-state index >= 15 is 0 Å². The fraction of sp³-hybridized carbons (Fsp3) is 0.375. The quantitative estimate of drug-likeness (QED) is 0.598. The van der Waals surface area contributed by atoms with Crippen LogP contribution < -0.4 is 11.5 Å². The van der Waals surface area contributed by atoms with Crippen LogP contribution in [0, 0.1) is 17.8 Å². The fourth-order valence-corrected chi connectivity index (χ4v) is 4.94. The molecule has 4 N–H and O–H groups in total.